The molecule has 0 amide bonds. The van der Waals surface area contributed by atoms with Crippen molar-refractivity contribution in [3.05, 3.63) is 47.3 Å². The molecule has 1 N–H and O–H groups in total. The molecule has 0 saturated heterocycles. The van der Waals surface area contributed by atoms with Gasteiger partial charge in [0.05, 0.1) is 11.3 Å². The summed E-state index contributed by atoms with van der Waals surface area (Å²) in [4.78, 5) is 4.16. The summed E-state index contributed by atoms with van der Waals surface area (Å²) in [6.07, 6.45) is -4.46. The second kappa shape index (κ2) is 5.71. The van der Waals surface area contributed by atoms with Crippen LogP contribution < -0.4 is 5.32 Å². The monoisotopic (exact) mass is 298 g/mol. The van der Waals surface area contributed by atoms with Gasteiger partial charge in [0.1, 0.15) is 11.6 Å². The second-order valence-electron chi connectivity index (χ2n) is 4.61. The first-order valence-electron chi connectivity index (χ1n) is 6.41. The molecule has 112 valence electrons. The van der Waals surface area contributed by atoms with Crippen LogP contribution in [-0.2, 0) is 6.18 Å². The molecule has 21 heavy (non-hydrogen) atoms. The molecule has 0 atom stereocenters. The van der Waals surface area contributed by atoms with E-state index in [4.69, 9.17) is 0 Å². The number of pyridine rings is 1. The van der Waals surface area contributed by atoms with Gasteiger partial charge < -0.3 is 5.32 Å². The van der Waals surface area contributed by atoms with E-state index in [0.717, 1.165) is 12.1 Å². The van der Waals surface area contributed by atoms with E-state index >= 15 is 0 Å². The van der Waals surface area contributed by atoms with E-state index < -0.39 is 17.6 Å². The van der Waals surface area contributed by atoms with Gasteiger partial charge in [0.2, 0.25) is 0 Å². The van der Waals surface area contributed by atoms with E-state index in [9.17, 15) is 17.6 Å². The van der Waals surface area contributed by atoms with Crippen LogP contribution in [-0.4, -0.2) is 11.5 Å². The Hall–Kier alpha value is -2.11. The first kappa shape index (κ1) is 15.3. The molecule has 0 bridgehead atoms. The van der Waals surface area contributed by atoms with Crippen LogP contribution in [0.5, 0.6) is 0 Å². The molecule has 0 fully saturated rings. The summed E-state index contributed by atoms with van der Waals surface area (Å²) in [7, 11) is 0. The molecule has 0 aliphatic rings. The molecule has 2 nitrogen and oxygen atoms in total. The number of alkyl halides is 3. The maximum atomic E-state index is 13.1. The van der Waals surface area contributed by atoms with Crippen LogP contribution in [0.1, 0.15) is 18.1 Å². The van der Waals surface area contributed by atoms with Crippen molar-refractivity contribution in [2.75, 3.05) is 11.9 Å². The molecule has 6 heteroatoms. The smallest absolute Gasteiger partial charge is 0.370 e. The predicted molar refractivity (Wildman–Crippen MR) is 73.5 cm³/mol. The summed E-state index contributed by atoms with van der Waals surface area (Å²) in [5, 5.41) is 2.78. The molecule has 1 aromatic carbocycles. The van der Waals surface area contributed by atoms with Crippen molar-refractivity contribution in [2.45, 2.75) is 20.0 Å². The lowest BCUT2D eigenvalue weighted by Gasteiger charge is -2.13. The highest BCUT2D eigenvalue weighted by Crippen LogP contribution is 2.34. The Bertz CT molecular complexity index is 651. The van der Waals surface area contributed by atoms with E-state index in [2.05, 4.69) is 10.3 Å². The molecular formula is C15H14F4N2. The zero-order valence-corrected chi connectivity index (χ0v) is 11.6. The van der Waals surface area contributed by atoms with Gasteiger partial charge in [-0.05, 0) is 49.7 Å². The Balaban J connectivity index is 2.59. The predicted octanol–water partition coefficient (Wildman–Crippen LogP) is 4.65. The molecule has 2 rings (SSSR count). The molecule has 2 aromatic rings. The summed E-state index contributed by atoms with van der Waals surface area (Å²) in [5.74, 6) is -0.291. The molecule has 1 aromatic heterocycles. The van der Waals surface area contributed by atoms with E-state index in [1.165, 1.54) is 18.2 Å². The van der Waals surface area contributed by atoms with Crippen LogP contribution in [0, 0.1) is 12.7 Å². The normalized spacial score (nSPS) is 11.5. The van der Waals surface area contributed by atoms with Crippen molar-refractivity contribution in [2.24, 2.45) is 0 Å². The fraction of sp³-hybridized carbons (Fsp3) is 0.267. The first-order chi connectivity index (χ1) is 9.81. The maximum Gasteiger partial charge on any atom is 0.416 e. The number of rotatable bonds is 3. The van der Waals surface area contributed by atoms with Crippen LogP contribution in [0.15, 0.2) is 30.3 Å². The van der Waals surface area contributed by atoms with Gasteiger partial charge in [-0.3, -0.25) is 0 Å². The number of nitrogens with one attached hydrogen (secondary N) is 1. The Morgan fingerprint density at radius 2 is 1.86 bits per heavy atom. The lowest BCUT2D eigenvalue weighted by Crippen LogP contribution is -2.09. The Morgan fingerprint density at radius 3 is 2.43 bits per heavy atom. The summed E-state index contributed by atoms with van der Waals surface area (Å²) >= 11 is 0. The van der Waals surface area contributed by atoms with Crippen molar-refractivity contribution >= 4 is 5.82 Å². The quantitative estimate of drug-likeness (QED) is 0.835. The van der Waals surface area contributed by atoms with Gasteiger partial charge >= 0.3 is 6.18 Å². The number of hydrogen-bond donors (Lipinski definition) is 1. The number of halogens is 4. The van der Waals surface area contributed by atoms with Gasteiger partial charge in [-0.15, -0.1) is 0 Å². The average Bonchev–Trinajstić information content (AvgIpc) is 2.37. The van der Waals surface area contributed by atoms with Crippen molar-refractivity contribution in [1.29, 1.82) is 0 Å². The maximum absolute atomic E-state index is 13.1. The summed E-state index contributed by atoms with van der Waals surface area (Å²) in [6, 6.07) is 5.84. The van der Waals surface area contributed by atoms with Crippen LogP contribution in [0.25, 0.3) is 11.3 Å². The number of benzene rings is 1. The van der Waals surface area contributed by atoms with Crippen LogP contribution in [0.2, 0.25) is 0 Å². The number of aryl methyl sites for hydroxylation is 1. The van der Waals surface area contributed by atoms with E-state index in [-0.39, 0.29) is 11.5 Å². The summed E-state index contributed by atoms with van der Waals surface area (Å²) < 4.78 is 52.0. The lowest BCUT2D eigenvalue weighted by molar-refractivity contribution is -0.137. The Labute approximate surface area is 119 Å². The second-order valence-corrected chi connectivity index (χ2v) is 4.61. The molecule has 0 aliphatic carbocycles. The SMILES string of the molecule is CCNc1cc(C(F)(F)F)cc(-c2ccc(F)cc2C)n1. The zero-order chi connectivity index (χ0) is 15.6. The van der Waals surface area contributed by atoms with Gasteiger partial charge in [-0.1, -0.05) is 0 Å². The van der Waals surface area contributed by atoms with Gasteiger partial charge in [0.15, 0.2) is 0 Å². The third-order valence-electron chi connectivity index (χ3n) is 2.97. The number of anilines is 1. The number of hydrogen-bond acceptors (Lipinski definition) is 2. The van der Waals surface area contributed by atoms with Crippen LogP contribution in [0.4, 0.5) is 23.4 Å². The highest BCUT2D eigenvalue weighted by atomic mass is 19.4. The fourth-order valence-corrected chi connectivity index (χ4v) is 2.02. The van der Waals surface area contributed by atoms with Gasteiger partial charge in [0, 0.05) is 12.1 Å². The van der Waals surface area contributed by atoms with Crippen LogP contribution >= 0.6 is 0 Å². The van der Waals surface area contributed by atoms with E-state index in [1.54, 1.807) is 13.8 Å². The standard InChI is InChI=1S/C15H14F4N2/c1-3-20-14-8-10(15(17,18)19)7-13(21-14)12-5-4-11(16)6-9(12)2/h4-8H,3H2,1-2H3,(H,20,21). The fourth-order valence-electron chi connectivity index (χ4n) is 2.02. The largest absolute Gasteiger partial charge is 0.416 e. The van der Waals surface area contributed by atoms with Crippen molar-refractivity contribution < 1.29 is 17.6 Å². The highest BCUT2D eigenvalue weighted by Gasteiger charge is 2.31. The molecule has 0 spiro atoms. The highest BCUT2D eigenvalue weighted by molar-refractivity contribution is 5.66. The first-order valence-corrected chi connectivity index (χ1v) is 6.41. The van der Waals surface area contributed by atoms with Gasteiger partial charge in [-0.25, -0.2) is 9.37 Å². The van der Waals surface area contributed by atoms with Gasteiger partial charge in [-0.2, -0.15) is 13.2 Å². The van der Waals surface area contributed by atoms with Crippen molar-refractivity contribution in [3.63, 3.8) is 0 Å². The molecule has 0 unspecified atom stereocenters. The minimum Gasteiger partial charge on any atom is -0.370 e. The Kier molecular flexibility index (Phi) is 4.16. The topological polar surface area (TPSA) is 24.9 Å². The molecule has 1 heterocycles. The minimum atomic E-state index is -4.46. The summed E-state index contributed by atoms with van der Waals surface area (Å²) in [6.45, 7) is 3.86. The van der Waals surface area contributed by atoms with E-state index in [1.807, 2.05) is 0 Å². The number of aromatic nitrogens is 1. The molecular weight excluding hydrogens is 284 g/mol. The van der Waals surface area contributed by atoms with Gasteiger partial charge in [0.25, 0.3) is 0 Å². The van der Waals surface area contributed by atoms with E-state index in [0.29, 0.717) is 17.7 Å². The summed E-state index contributed by atoms with van der Waals surface area (Å²) in [5.41, 5.74) is 0.386. The number of nitrogens with zero attached hydrogens (tertiary/aromatic N) is 1. The van der Waals surface area contributed by atoms with Crippen molar-refractivity contribution in [1.82, 2.24) is 4.98 Å². The average molecular weight is 298 g/mol. The molecule has 0 saturated carbocycles. The third kappa shape index (κ3) is 3.51. The molecule has 0 radical (unpaired) electrons. The Morgan fingerprint density at radius 1 is 1.14 bits per heavy atom. The molecule has 0 aliphatic heterocycles. The lowest BCUT2D eigenvalue weighted by atomic mass is 10.0. The zero-order valence-electron chi connectivity index (χ0n) is 11.6. The minimum absolute atomic E-state index is 0.144. The van der Waals surface area contributed by atoms with Crippen molar-refractivity contribution in [3.8, 4) is 11.3 Å². The third-order valence-corrected chi connectivity index (χ3v) is 2.97. The van der Waals surface area contributed by atoms with Crippen LogP contribution in [0.3, 0.4) is 0 Å².